The standard InChI is InChI=1S/C17H20FN3O2S/c1-12-10-24-15(20-12)13-4-2-3-5-14(13)21-16(22)23-11-17(18)6-8-19-9-7-17/h2-5,10,19H,6-9,11H2,1H3,(H,21,22). The molecular formula is C17H20FN3O2S. The Kier molecular flexibility index (Phi) is 5.11. The Morgan fingerprint density at radius 1 is 1.42 bits per heavy atom. The van der Waals surface area contributed by atoms with Crippen LogP contribution in [0.25, 0.3) is 10.6 Å². The van der Waals surface area contributed by atoms with E-state index < -0.39 is 11.8 Å². The number of thiazole rings is 1. The minimum atomic E-state index is -1.44. The summed E-state index contributed by atoms with van der Waals surface area (Å²) in [5.41, 5.74) is 0.922. The Labute approximate surface area is 144 Å². The van der Waals surface area contributed by atoms with Gasteiger partial charge in [0.1, 0.15) is 17.3 Å². The van der Waals surface area contributed by atoms with E-state index in [1.165, 1.54) is 11.3 Å². The van der Waals surface area contributed by atoms with Gasteiger partial charge in [0.2, 0.25) is 0 Å². The molecule has 1 fully saturated rings. The first kappa shape index (κ1) is 16.9. The predicted octanol–water partition coefficient (Wildman–Crippen LogP) is 3.76. The van der Waals surface area contributed by atoms with Crippen molar-refractivity contribution in [3.8, 4) is 10.6 Å². The van der Waals surface area contributed by atoms with Crippen molar-refractivity contribution in [3.05, 3.63) is 35.3 Å². The molecule has 7 heteroatoms. The number of benzene rings is 1. The van der Waals surface area contributed by atoms with Crippen LogP contribution in [0.15, 0.2) is 29.6 Å². The van der Waals surface area contributed by atoms with Gasteiger partial charge in [-0.2, -0.15) is 0 Å². The number of hydrogen-bond acceptors (Lipinski definition) is 5. The molecule has 1 amide bonds. The molecule has 2 N–H and O–H groups in total. The van der Waals surface area contributed by atoms with Gasteiger partial charge < -0.3 is 10.1 Å². The van der Waals surface area contributed by atoms with Gasteiger partial charge in [0, 0.05) is 16.6 Å². The molecule has 0 unspecified atom stereocenters. The summed E-state index contributed by atoms with van der Waals surface area (Å²) in [6.45, 7) is 2.91. The molecule has 0 saturated carbocycles. The Balaban J connectivity index is 1.64. The van der Waals surface area contributed by atoms with Crippen LogP contribution in [0.2, 0.25) is 0 Å². The number of aromatic nitrogens is 1. The third-order valence-corrected chi connectivity index (χ3v) is 4.97. The first-order valence-electron chi connectivity index (χ1n) is 7.91. The summed E-state index contributed by atoms with van der Waals surface area (Å²) in [5.74, 6) is 0. The summed E-state index contributed by atoms with van der Waals surface area (Å²) in [5, 5.41) is 8.57. The molecule has 2 heterocycles. The van der Waals surface area contributed by atoms with Crippen molar-refractivity contribution in [2.24, 2.45) is 0 Å². The maximum Gasteiger partial charge on any atom is 0.411 e. The van der Waals surface area contributed by atoms with Crippen molar-refractivity contribution in [2.45, 2.75) is 25.4 Å². The van der Waals surface area contributed by atoms with E-state index in [-0.39, 0.29) is 6.61 Å². The van der Waals surface area contributed by atoms with Crippen LogP contribution in [-0.2, 0) is 4.74 Å². The van der Waals surface area contributed by atoms with Gasteiger partial charge >= 0.3 is 6.09 Å². The smallest absolute Gasteiger partial charge is 0.411 e. The molecule has 0 spiro atoms. The van der Waals surface area contributed by atoms with Crippen LogP contribution in [0.1, 0.15) is 18.5 Å². The highest BCUT2D eigenvalue weighted by molar-refractivity contribution is 7.13. The summed E-state index contributed by atoms with van der Waals surface area (Å²) >= 11 is 1.51. The number of halogens is 1. The molecule has 1 aliphatic rings. The molecule has 24 heavy (non-hydrogen) atoms. The zero-order valence-electron chi connectivity index (χ0n) is 13.5. The lowest BCUT2D eigenvalue weighted by molar-refractivity contribution is 0.0316. The molecule has 1 aromatic carbocycles. The van der Waals surface area contributed by atoms with Gasteiger partial charge in [0.25, 0.3) is 0 Å². The number of rotatable bonds is 4. The zero-order chi connectivity index (χ0) is 17.0. The fraction of sp³-hybridized carbons (Fsp3) is 0.412. The van der Waals surface area contributed by atoms with Gasteiger partial charge in [-0.1, -0.05) is 12.1 Å². The average molecular weight is 349 g/mol. The zero-order valence-corrected chi connectivity index (χ0v) is 14.3. The number of piperidine rings is 1. The second-order valence-corrected chi connectivity index (χ2v) is 6.80. The van der Waals surface area contributed by atoms with Gasteiger partial charge in [0.15, 0.2) is 0 Å². The minimum Gasteiger partial charge on any atom is -0.446 e. The van der Waals surface area contributed by atoms with Gasteiger partial charge in [0.05, 0.1) is 5.69 Å². The van der Waals surface area contributed by atoms with Gasteiger partial charge in [-0.05, 0) is 45.0 Å². The second-order valence-electron chi connectivity index (χ2n) is 5.94. The molecule has 0 bridgehead atoms. The quantitative estimate of drug-likeness (QED) is 0.882. The first-order valence-corrected chi connectivity index (χ1v) is 8.79. The number of alkyl halides is 1. The third-order valence-electron chi connectivity index (χ3n) is 3.97. The molecule has 1 saturated heterocycles. The van der Waals surface area contributed by atoms with Crippen LogP contribution >= 0.6 is 11.3 Å². The summed E-state index contributed by atoms with van der Waals surface area (Å²) < 4.78 is 19.6. The monoisotopic (exact) mass is 349 g/mol. The van der Waals surface area contributed by atoms with E-state index in [0.29, 0.717) is 31.6 Å². The molecule has 1 aliphatic heterocycles. The minimum absolute atomic E-state index is 0.223. The number of carbonyl (C=O) groups excluding carboxylic acids is 1. The maximum absolute atomic E-state index is 14.5. The summed E-state index contributed by atoms with van der Waals surface area (Å²) in [6.07, 6.45) is 0.0659. The number of nitrogens with zero attached hydrogens (tertiary/aromatic N) is 1. The molecule has 0 aliphatic carbocycles. The van der Waals surface area contributed by atoms with E-state index in [0.717, 1.165) is 16.3 Å². The Hall–Kier alpha value is -1.99. The van der Waals surface area contributed by atoms with Gasteiger partial charge in [-0.25, -0.2) is 14.2 Å². The van der Waals surface area contributed by atoms with Crippen molar-refractivity contribution >= 4 is 23.1 Å². The lowest BCUT2D eigenvalue weighted by Crippen LogP contribution is -2.42. The number of nitrogens with one attached hydrogen (secondary N) is 2. The highest BCUT2D eigenvalue weighted by Gasteiger charge is 2.33. The lowest BCUT2D eigenvalue weighted by atomic mass is 9.96. The first-order chi connectivity index (χ1) is 11.6. The molecule has 2 aromatic rings. The van der Waals surface area contributed by atoms with E-state index in [1.54, 1.807) is 6.07 Å². The Morgan fingerprint density at radius 2 is 2.17 bits per heavy atom. The molecule has 0 atom stereocenters. The van der Waals surface area contributed by atoms with Crippen LogP contribution in [0.3, 0.4) is 0 Å². The summed E-state index contributed by atoms with van der Waals surface area (Å²) in [4.78, 5) is 16.5. The highest BCUT2D eigenvalue weighted by Crippen LogP contribution is 2.30. The van der Waals surface area contributed by atoms with E-state index >= 15 is 0 Å². The number of hydrogen-bond donors (Lipinski definition) is 2. The van der Waals surface area contributed by atoms with Crippen molar-refractivity contribution in [3.63, 3.8) is 0 Å². The van der Waals surface area contributed by atoms with Gasteiger partial charge in [-0.15, -0.1) is 11.3 Å². The van der Waals surface area contributed by atoms with Crippen molar-refractivity contribution in [2.75, 3.05) is 25.0 Å². The van der Waals surface area contributed by atoms with Crippen LogP contribution in [0.4, 0.5) is 14.9 Å². The number of anilines is 1. The molecule has 1 aromatic heterocycles. The highest BCUT2D eigenvalue weighted by atomic mass is 32.1. The molecule has 3 rings (SSSR count). The van der Waals surface area contributed by atoms with Crippen molar-refractivity contribution in [1.29, 1.82) is 0 Å². The number of ether oxygens (including phenoxy) is 1. The third kappa shape index (κ3) is 4.10. The largest absolute Gasteiger partial charge is 0.446 e. The SMILES string of the molecule is Cc1csc(-c2ccccc2NC(=O)OCC2(F)CCNCC2)n1. The molecular weight excluding hydrogens is 329 g/mol. The number of para-hydroxylation sites is 1. The predicted molar refractivity (Wildman–Crippen MR) is 93.2 cm³/mol. The Morgan fingerprint density at radius 3 is 2.88 bits per heavy atom. The average Bonchev–Trinajstić information content (AvgIpc) is 3.01. The van der Waals surface area contributed by atoms with Crippen molar-refractivity contribution < 1.29 is 13.9 Å². The lowest BCUT2D eigenvalue weighted by Gasteiger charge is -2.29. The van der Waals surface area contributed by atoms with Gasteiger partial charge in [-0.3, -0.25) is 5.32 Å². The topological polar surface area (TPSA) is 63.2 Å². The van der Waals surface area contributed by atoms with Crippen LogP contribution in [0.5, 0.6) is 0 Å². The van der Waals surface area contributed by atoms with E-state index in [2.05, 4.69) is 15.6 Å². The molecule has 0 radical (unpaired) electrons. The number of amides is 1. The molecule has 128 valence electrons. The van der Waals surface area contributed by atoms with Crippen molar-refractivity contribution in [1.82, 2.24) is 10.3 Å². The normalized spacial score (nSPS) is 16.6. The fourth-order valence-corrected chi connectivity index (χ4v) is 3.45. The Bertz CT molecular complexity index is 713. The number of carbonyl (C=O) groups is 1. The van der Waals surface area contributed by atoms with E-state index in [1.807, 2.05) is 30.5 Å². The number of aryl methyl sites for hydroxylation is 1. The summed E-state index contributed by atoms with van der Waals surface area (Å²) in [6, 6.07) is 7.37. The van der Waals surface area contributed by atoms with E-state index in [4.69, 9.17) is 4.74 Å². The maximum atomic E-state index is 14.5. The summed E-state index contributed by atoms with van der Waals surface area (Å²) in [7, 11) is 0. The van der Waals surface area contributed by atoms with E-state index in [9.17, 15) is 9.18 Å². The van der Waals surface area contributed by atoms with Crippen LogP contribution in [0, 0.1) is 6.92 Å². The second kappa shape index (κ2) is 7.27. The molecule has 5 nitrogen and oxygen atoms in total. The van der Waals surface area contributed by atoms with Crippen LogP contribution < -0.4 is 10.6 Å². The fourth-order valence-electron chi connectivity index (χ4n) is 2.62. The van der Waals surface area contributed by atoms with Crippen LogP contribution in [-0.4, -0.2) is 36.4 Å².